The molecular formula is C20H29NO4. The molecule has 1 aliphatic heterocycles. The molecule has 1 heterocycles. The smallest absolute Gasteiger partial charge is 0.410 e. The second-order valence-corrected chi connectivity index (χ2v) is 7.36. The highest BCUT2D eigenvalue weighted by Gasteiger charge is 2.41. The Morgan fingerprint density at radius 2 is 2.00 bits per heavy atom. The van der Waals surface area contributed by atoms with Gasteiger partial charge in [0.1, 0.15) is 11.5 Å². The molecule has 1 fully saturated rings. The number of unbranched alkanes of at least 4 members (excludes halogenated alkanes) is 1. The first-order chi connectivity index (χ1) is 11.9. The van der Waals surface area contributed by atoms with Gasteiger partial charge in [-0.1, -0.05) is 43.7 Å². The number of nitrogens with zero attached hydrogens (tertiary/aromatic N) is 1. The molecule has 2 atom stereocenters. The van der Waals surface area contributed by atoms with Crippen molar-refractivity contribution in [2.24, 2.45) is 0 Å². The average molecular weight is 347 g/mol. The van der Waals surface area contributed by atoms with E-state index in [4.69, 9.17) is 4.74 Å². The van der Waals surface area contributed by atoms with E-state index < -0.39 is 23.6 Å². The van der Waals surface area contributed by atoms with E-state index in [1.165, 1.54) is 0 Å². The number of aliphatic carboxylic acids is 1. The fourth-order valence-corrected chi connectivity index (χ4v) is 3.50. The molecule has 1 aromatic rings. The molecule has 0 aromatic heterocycles. The number of carboxylic acid groups (broad SMARTS) is 1. The fraction of sp³-hybridized carbons (Fsp3) is 0.600. The summed E-state index contributed by atoms with van der Waals surface area (Å²) in [4.78, 5) is 26.2. The molecule has 2 rings (SSSR count). The van der Waals surface area contributed by atoms with Crippen molar-refractivity contribution in [3.05, 3.63) is 35.9 Å². The van der Waals surface area contributed by atoms with Crippen LogP contribution >= 0.6 is 0 Å². The lowest BCUT2D eigenvalue weighted by atomic mass is 9.90. The maximum atomic E-state index is 12.7. The van der Waals surface area contributed by atoms with Gasteiger partial charge < -0.3 is 14.7 Å². The van der Waals surface area contributed by atoms with Crippen LogP contribution in [0.3, 0.4) is 0 Å². The van der Waals surface area contributed by atoms with Crippen molar-refractivity contribution < 1.29 is 19.4 Å². The molecule has 1 saturated heterocycles. The number of ether oxygens (including phenoxy) is 1. The van der Waals surface area contributed by atoms with Gasteiger partial charge in [0.2, 0.25) is 0 Å². The van der Waals surface area contributed by atoms with Gasteiger partial charge >= 0.3 is 12.1 Å². The second-order valence-electron chi connectivity index (χ2n) is 7.36. The topological polar surface area (TPSA) is 66.8 Å². The van der Waals surface area contributed by atoms with E-state index in [-0.39, 0.29) is 6.04 Å². The Labute approximate surface area is 150 Å². The van der Waals surface area contributed by atoms with Crippen LogP contribution in [0.1, 0.15) is 64.4 Å². The zero-order valence-corrected chi connectivity index (χ0v) is 15.4. The van der Waals surface area contributed by atoms with E-state index in [0.29, 0.717) is 13.0 Å². The Balaban J connectivity index is 2.15. The Bertz CT molecular complexity index is 585. The first-order valence-corrected chi connectivity index (χ1v) is 9.13. The third-order valence-corrected chi connectivity index (χ3v) is 4.84. The maximum absolute atomic E-state index is 12.7. The Hall–Kier alpha value is -2.04. The molecule has 25 heavy (non-hydrogen) atoms. The van der Waals surface area contributed by atoms with Crippen molar-refractivity contribution in [2.75, 3.05) is 6.54 Å². The van der Waals surface area contributed by atoms with Gasteiger partial charge in [0.25, 0.3) is 0 Å². The Morgan fingerprint density at radius 1 is 1.32 bits per heavy atom. The number of hydrogen-bond acceptors (Lipinski definition) is 3. The standard InChI is InChI=1S/C20H29NO4/c1-4-5-13-20(2,3)25-19(24)21-14-9-12-16(21)17(18(22)23)15-10-7-6-8-11-15/h6-8,10-11,16-17H,4-5,9,12-14H2,1-3H3,(H,22,23). The summed E-state index contributed by atoms with van der Waals surface area (Å²) in [6.07, 6.45) is 3.91. The molecule has 138 valence electrons. The number of carboxylic acids is 1. The zero-order valence-electron chi connectivity index (χ0n) is 15.4. The van der Waals surface area contributed by atoms with E-state index in [1.54, 1.807) is 4.90 Å². The van der Waals surface area contributed by atoms with Crippen LogP contribution < -0.4 is 0 Å². The molecule has 1 amide bonds. The summed E-state index contributed by atoms with van der Waals surface area (Å²) in [5, 5.41) is 9.76. The fourth-order valence-electron chi connectivity index (χ4n) is 3.50. The number of rotatable bonds is 7. The molecule has 5 nitrogen and oxygen atoms in total. The summed E-state index contributed by atoms with van der Waals surface area (Å²) in [6.45, 7) is 6.48. The molecule has 0 saturated carbocycles. The van der Waals surface area contributed by atoms with Crippen molar-refractivity contribution >= 4 is 12.1 Å². The third kappa shape index (κ3) is 4.97. The highest BCUT2D eigenvalue weighted by atomic mass is 16.6. The minimum Gasteiger partial charge on any atom is -0.481 e. The highest BCUT2D eigenvalue weighted by molar-refractivity contribution is 5.79. The quantitative estimate of drug-likeness (QED) is 0.792. The molecule has 5 heteroatoms. The minimum atomic E-state index is -0.902. The highest BCUT2D eigenvalue weighted by Crippen LogP contribution is 2.33. The number of likely N-dealkylation sites (tertiary alicyclic amines) is 1. The molecule has 1 aromatic carbocycles. The maximum Gasteiger partial charge on any atom is 0.410 e. The van der Waals surface area contributed by atoms with Crippen LogP contribution in [-0.4, -0.2) is 40.3 Å². The van der Waals surface area contributed by atoms with E-state index in [1.807, 2.05) is 44.2 Å². The lowest BCUT2D eigenvalue weighted by molar-refractivity contribution is -0.140. The average Bonchev–Trinajstić information content (AvgIpc) is 3.03. The zero-order chi connectivity index (χ0) is 18.4. The first-order valence-electron chi connectivity index (χ1n) is 9.13. The third-order valence-electron chi connectivity index (χ3n) is 4.84. The number of carbonyl (C=O) groups excluding carboxylic acids is 1. The van der Waals surface area contributed by atoms with E-state index in [2.05, 4.69) is 6.92 Å². The number of benzene rings is 1. The normalized spacial score (nSPS) is 18.8. The molecule has 0 spiro atoms. The molecule has 0 aliphatic carbocycles. The van der Waals surface area contributed by atoms with Gasteiger partial charge in [0.15, 0.2) is 0 Å². The summed E-state index contributed by atoms with van der Waals surface area (Å²) in [5.41, 5.74) is 0.191. The predicted molar refractivity (Wildman–Crippen MR) is 96.6 cm³/mol. The predicted octanol–water partition coefficient (Wildman–Crippen LogP) is 4.42. The van der Waals surface area contributed by atoms with Gasteiger partial charge in [-0.2, -0.15) is 0 Å². The number of hydrogen-bond donors (Lipinski definition) is 1. The minimum absolute atomic E-state index is 0.366. The van der Waals surface area contributed by atoms with Crippen molar-refractivity contribution in [2.45, 2.75) is 70.4 Å². The molecule has 2 unspecified atom stereocenters. The van der Waals surface area contributed by atoms with Crippen LogP contribution in [0, 0.1) is 0 Å². The Kier molecular flexibility index (Phi) is 6.45. The van der Waals surface area contributed by atoms with Crippen molar-refractivity contribution in [1.29, 1.82) is 0 Å². The van der Waals surface area contributed by atoms with Gasteiger partial charge in [0, 0.05) is 6.54 Å². The first kappa shape index (κ1) is 19.3. The molecule has 0 bridgehead atoms. The second kappa shape index (κ2) is 8.37. The lowest BCUT2D eigenvalue weighted by Gasteiger charge is -2.33. The summed E-state index contributed by atoms with van der Waals surface area (Å²) >= 11 is 0. The van der Waals surface area contributed by atoms with Crippen molar-refractivity contribution in [3.8, 4) is 0 Å². The van der Waals surface area contributed by atoms with Gasteiger partial charge in [0.05, 0.1) is 6.04 Å². The lowest BCUT2D eigenvalue weighted by Crippen LogP contribution is -2.44. The van der Waals surface area contributed by atoms with Crippen molar-refractivity contribution in [1.82, 2.24) is 4.90 Å². The monoisotopic (exact) mass is 347 g/mol. The van der Waals surface area contributed by atoms with Crippen LogP contribution in [0.5, 0.6) is 0 Å². The van der Waals surface area contributed by atoms with Crippen molar-refractivity contribution in [3.63, 3.8) is 0 Å². The number of amides is 1. The number of carbonyl (C=O) groups is 2. The summed E-state index contributed by atoms with van der Waals surface area (Å²) in [7, 11) is 0. The largest absolute Gasteiger partial charge is 0.481 e. The van der Waals surface area contributed by atoms with Crippen LogP contribution in [0.25, 0.3) is 0 Å². The van der Waals surface area contributed by atoms with Crippen LogP contribution in [0.2, 0.25) is 0 Å². The van der Waals surface area contributed by atoms with Gasteiger partial charge in [-0.25, -0.2) is 4.79 Å². The van der Waals surface area contributed by atoms with Gasteiger partial charge in [-0.05, 0) is 45.1 Å². The summed E-state index contributed by atoms with van der Waals surface area (Å²) in [6, 6.07) is 8.78. The van der Waals surface area contributed by atoms with Crippen LogP contribution in [0.4, 0.5) is 4.79 Å². The van der Waals surface area contributed by atoms with E-state index in [0.717, 1.165) is 31.2 Å². The SMILES string of the molecule is CCCCC(C)(C)OC(=O)N1CCCC1C(C(=O)O)c1ccccc1. The summed E-state index contributed by atoms with van der Waals surface area (Å²) in [5.74, 6) is -1.63. The summed E-state index contributed by atoms with van der Waals surface area (Å²) < 4.78 is 5.71. The van der Waals surface area contributed by atoms with Crippen LogP contribution in [-0.2, 0) is 9.53 Å². The van der Waals surface area contributed by atoms with Crippen LogP contribution in [0.15, 0.2) is 30.3 Å². The van der Waals surface area contributed by atoms with E-state index in [9.17, 15) is 14.7 Å². The van der Waals surface area contributed by atoms with Gasteiger partial charge in [-0.15, -0.1) is 0 Å². The molecule has 1 aliphatic rings. The van der Waals surface area contributed by atoms with Gasteiger partial charge in [-0.3, -0.25) is 4.79 Å². The molecule has 1 N–H and O–H groups in total. The molecular weight excluding hydrogens is 318 g/mol. The molecule has 0 radical (unpaired) electrons. The van der Waals surface area contributed by atoms with E-state index >= 15 is 0 Å². The Morgan fingerprint density at radius 3 is 2.60 bits per heavy atom.